The van der Waals surface area contributed by atoms with Crippen molar-refractivity contribution in [3.63, 3.8) is 0 Å². The molecule has 0 radical (unpaired) electrons. The Morgan fingerprint density at radius 3 is 2.42 bits per heavy atom. The van der Waals surface area contributed by atoms with E-state index in [1.54, 1.807) is 6.92 Å². The third-order valence-corrected chi connectivity index (χ3v) is 1.94. The van der Waals surface area contributed by atoms with Gasteiger partial charge in [0.05, 0.1) is 12.4 Å². The van der Waals surface area contributed by atoms with Gasteiger partial charge in [-0.25, -0.2) is 13.2 Å². The summed E-state index contributed by atoms with van der Waals surface area (Å²) in [6.07, 6.45) is -0.630. The molecule has 6 heteroatoms. The van der Waals surface area contributed by atoms with Crippen molar-refractivity contribution in [3.05, 3.63) is 0 Å². The predicted molar refractivity (Wildman–Crippen MR) is 42.4 cm³/mol. The molecule has 0 aliphatic heterocycles. The highest BCUT2D eigenvalue weighted by Crippen LogP contribution is 1.93. The maximum atomic E-state index is 10.7. The van der Waals surface area contributed by atoms with Crippen LogP contribution in [0.4, 0.5) is 0 Å². The predicted octanol–water partition coefficient (Wildman–Crippen LogP) is -1.04. The van der Waals surface area contributed by atoms with E-state index in [1.165, 1.54) is 0 Å². The van der Waals surface area contributed by atoms with Crippen molar-refractivity contribution in [2.75, 3.05) is 18.6 Å². The second kappa shape index (κ2) is 4.42. The van der Waals surface area contributed by atoms with Crippen molar-refractivity contribution in [2.45, 2.75) is 13.0 Å². The standard InChI is InChI=1S/C6H12O5S/c1-3-11-6(8)5(7)4-12(2,9)10/h5,7H,3-4H2,1-2H3/t5-/m1/s1. The molecule has 12 heavy (non-hydrogen) atoms. The van der Waals surface area contributed by atoms with Crippen molar-refractivity contribution in [2.24, 2.45) is 0 Å². The maximum Gasteiger partial charge on any atom is 0.336 e. The first-order valence-electron chi connectivity index (χ1n) is 3.39. The smallest absolute Gasteiger partial charge is 0.336 e. The summed E-state index contributed by atoms with van der Waals surface area (Å²) in [5.41, 5.74) is 0. The molecule has 0 aromatic carbocycles. The molecule has 1 N–H and O–H groups in total. The van der Waals surface area contributed by atoms with E-state index in [0.717, 1.165) is 6.26 Å². The van der Waals surface area contributed by atoms with Gasteiger partial charge in [-0.3, -0.25) is 0 Å². The van der Waals surface area contributed by atoms with Crippen LogP contribution in [0.1, 0.15) is 6.92 Å². The Labute approximate surface area is 71.3 Å². The zero-order chi connectivity index (χ0) is 9.78. The molecule has 72 valence electrons. The number of carbonyl (C=O) groups excluding carboxylic acids is 1. The molecule has 5 nitrogen and oxygen atoms in total. The number of ether oxygens (including phenoxy) is 1. The Hall–Kier alpha value is -0.620. The van der Waals surface area contributed by atoms with Crippen molar-refractivity contribution in [1.29, 1.82) is 0 Å². The second-order valence-corrected chi connectivity index (χ2v) is 4.55. The summed E-state index contributed by atoms with van der Waals surface area (Å²) >= 11 is 0. The molecule has 1 atom stereocenters. The fourth-order valence-electron chi connectivity index (χ4n) is 0.593. The third-order valence-electron chi connectivity index (χ3n) is 1.02. The van der Waals surface area contributed by atoms with Gasteiger partial charge < -0.3 is 9.84 Å². The van der Waals surface area contributed by atoms with Crippen LogP contribution in [-0.2, 0) is 19.4 Å². The molecule has 0 amide bonds. The number of hydrogen-bond donors (Lipinski definition) is 1. The Morgan fingerprint density at radius 2 is 2.08 bits per heavy atom. The topological polar surface area (TPSA) is 80.7 Å². The Balaban J connectivity index is 4.05. The molecule has 0 rings (SSSR count). The van der Waals surface area contributed by atoms with E-state index in [0.29, 0.717) is 0 Å². The monoisotopic (exact) mass is 196 g/mol. The van der Waals surface area contributed by atoms with Crippen LogP contribution in [0.25, 0.3) is 0 Å². The van der Waals surface area contributed by atoms with Gasteiger partial charge in [-0.1, -0.05) is 0 Å². The molecule has 0 aromatic heterocycles. The number of sulfone groups is 1. The molecule has 0 aliphatic carbocycles. The lowest BCUT2D eigenvalue weighted by atomic mass is 10.4. The van der Waals surface area contributed by atoms with Crippen molar-refractivity contribution in [3.8, 4) is 0 Å². The van der Waals surface area contributed by atoms with E-state index in [1.807, 2.05) is 0 Å². The molecule has 0 bridgehead atoms. The lowest BCUT2D eigenvalue weighted by Crippen LogP contribution is -2.30. The van der Waals surface area contributed by atoms with Crippen LogP contribution in [0.5, 0.6) is 0 Å². The number of carbonyl (C=O) groups is 1. The molecule has 0 saturated heterocycles. The van der Waals surface area contributed by atoms with Gasteiger partial charge in [-0.15, -0.1) is 0 Å². The van der Waals surface area contributed by atoms with Gasteiger partial charge in [0.2, 0.25) is 0 Å². The first kappa shape index (κ1) is 11.4. The molecule has 0 aromatic rings. The van der Waals surface area contributed by atoms with E-state index in [-0.39, 0.29) is 6.61 Å². The SMILES string of the molecule is CCOC(=O)[C@H](O)CS(C)(=O)=O. The highest BCUT2D eigenvalue weighted by Gasteiger charge is 2.20. The van der Waals surface area contributed by atoms with Crippen LogP contribution < -0.4 is 0 Å². The molecule has 0 unspecified atom stereocenters. The summed E-state index contributed by atoms with van der Waals surface area (Å²) in [4.78, 5) is 10.7. The van der Waals surface area contributed by atoms with E-state index < -0.39 is 27.7 Å². The normalized spacial score (nSPS) is 13.9. The number of aliphatic hydroxyl groups excluding tert-OH is 1. The summed E-state index contributed by atoms with van der Waals surface area (Å²) in [5, 5.41) is 8.93. The number of hydrogen-bond acceptors (Lipinski definition) is 5. The third kappa shape index (κ3) is 5.09. The summed E-state index contributed by atoms with van der Waals surface area (Å²) in [6, 6.07) is 0. The maximum absolute atomic E-state index is 10.7. The zero-order valence-corrected chi connectivity index (χ0v) is 7.80. The molecular weight excluding hydrogens is 184 g/mol. The second-order valence-electron chi connectivity index (χ2n) is 2.36. The van der Waals surface area contributed by atoms with Gasteiger partial charge in [0, 0.05) is 6.26 Å². The van der Waals surface area contributed by atoms with Gasteiger partial charge >= 0.3 is 5.97 Å². The highest BCUT2D eigenvalue weighted by atomic mass is 32.2. The van der Waals surface area contributed by atoms with Crippen LogP contribution in [0.15, 0.2) is 0 Å². The van der Waals surface area contributed by atoms with Crippen LogP contribution in [0.2, 0.25) is 0 Å². The molecular formula is C6H12O5S. The Bertz CT molecular complexity index is 243. The minimum atomic E-state index is -3.34. The first-order chi connectivity index (χ1) is 5.37. The Morgan fingerprint density at radius 1 is 1.58 bits per heavy atom. The average molecular weight is 196 g/mol. The van der Waals surface area contributed by atoms with Gasteiger partial charge in [0.1, 0.15) is 0 Å². The van der Waals surface area contributed by atoms with Crippen LogP contribution in [0.3, 0.4) is 0 Å². The fourth-order valence-corrected chi connectivity index (χ4v) is 1.30. The quantitative estimate of drug-likeness (QED) is 0.580. The van der Waals surface area contributed by atoms with E-state index in [2.05, 4.69) is 4.74 Å². The fraction of sp³-hybridized carbons (Fsp3) is 0.833. The summed E-state index contributed by atoms with van der Waals surface area (Å²) in [7, 11) is -3.34. The minimum absolute atomic E-state index is 0.125. The van der Waals surface area contributed by atoms with E-state index in [9.17, 15) is 13.2 Å². The molecule has 0 spiro atoms. The first-order valence-corrected chi connectivity index (χ1v) is 5.45. The average Bonchev–Trinajstić information content (AvgIpc) is 1.84. The number of rotatable bonds is 4. The van der Waals surface area contributed by atoms with Gasteiger partial charge in [-0.05, 0) is 6.92 Å². The Kier molecular flexibility index (Phi) is 4.19. The van der Waals surface area contributed by atoms with Crippen LogP contribution in [-0.4, -0.2) is 44.2 Å². The van der Waals surface area contributed by atoms with Crippen molar-refractivity contribution in [1.82, 2.24) is 0 Å². The zero-order valence-electron chi connectivity index (χ0n) is 6.98. The molecule has 0 aliphatic rings. The van der Waals surface area contributed by atoms with Crippen molar-refractivity contribution >= 4 is 15.8 Å². The molecule has 0 saturated carbocycles. The molecule has 0 heterocycles. The van der Waals surface area contributed by atoms with E-state index >= 15 is 0 Å². The summed E-state index contributed by atoms with van der Waals surface area (Å²) < 4.78 is 25.6. The van der Waals surface area contributed by atoms with E-state index in [4.69, 9.17) is 5.11 Å². The lowest BCUT2D eigenvalue weighted by Gasteiger charge is -2.07. The number of esters is 1. The lowest BCUT2D eigenvalue weighted by molar-refractivity contribution is -0.151. The van der Waals surface area contributed by atoms with Gasteiger partial charge in [0.25, 0.3) is 0 Å². The number of aliphatic hydroxyl groups is 1. The van der Waals surface area contributed by atoms with Crippen LogP contribution >= 0.6 is 0 Å². The summed E-state index contributed by atoms with van der Waals surface area (Å²) in [6.45, 7) is 1.70. The largest absolute Gasteiger partial charge is 0.464 e. The summed E-state index contributed by atoms with van der Waals surface area (Å²) in [5.74, 6) is -1.49. The molecule has 0 fully saturated rings. The van der Waals surface area contributed by atoms with Gasteiger partial charge in [0.15, 0.2) is 15.9 Å². The van der Waals surface area contributed by atoms with Crippen LogP contribution in [0, 0.1) is 0 Å². The highest BCUT2D eigenvalue weighted by molar-refractivity contribution is 7.90. The van der Waals surface area contributed by atoms with Crippen molar-refractivity contribution < 1.29 is 23.1 Å². The van der Waals surface area contributed by atoms with Gasteiger partial charge in [-0.2, -0.15) is 0 Å². The minimum Gasteiger partial charge on any atom is -0.464 e.